The maximum atomic E-state index is 3.48. The lowest BCUT2D eigenvalue weighted by Gasteiger charge is -2.04. The van der Waals surface area contributed by atoms with Crippen molar-refractivity contribution in [3.05, 3.63) is 0 Å². The van der Waals surface area contributed by atoms with Crippen LogP contribution in [0.4, 0.5) is 0 Å². The van der Waals surface area contributed by atoms with Crippen molar-refractivity contribution in [3.8, 4) is 0 Å². The summed E-state index contributed by atoms with van der Waals surface area (Å²) in [5.41, 5.74) is 0. The third-order valence-corrected chi connectivity index (χ3v) is 2.27. The van der Waals surface area contributed by atoms with Gasteiger partial charge in [-0.25, -0.2) is 0 Å². The van der Waals surface area contributed by atoms with Crippen LogP contribution in [0.15, 0.2) is 0 Å². The highest BCUT2D eigenvalue weighted by Gasteiger charge is 2.19. The molecule has 2 heteroatoms. The Morgan fingerprint density at radius 3 is 2.58 bits per heavy atom. The zero-order valence-corrected chi connectivity index (χ0v) is 8.23. The lowest BCUT2D eigenvalue weighted by molar-refractivity contribution is 0.580. The fourth-order valence-corrected chi connectivity index (χ4v) is 1.28. The average Bonchev–Trinajstić information content (AvgIpc) is 2.87. The summed E-state index contributed by atoms with van der Waals surface area (Å²) in [7, 11) is 0. The molecule has 2 nitrogen and oxygen atoms in total. The highest BCUT2D eigenvalue weighted by Crippen LogP contribution is 2.17. The van der Waals surface area contributed by atoms with Gasteiger partial charge in [-0.05, 0) is 25.8 Å². The van der Waals surface area contributed by atoms with Gasteiger partial charge in [0.1, 0.15) is 0 Å². The molecule has 0 saturated heterocycles. The standard InChI is InChI=1S/C10H22N2/c1-2-3-4-7-11-8-9-12-10-5-6-10/h10-12H,2-9H2,1H3. The van der Waals surface area contributed by atoms with E-state index < -0.39 is 0 Å². The van der Waals surface area contributed by atoms with Crippen LogP contribution >= 0.6 is 0 Å². The van der Waals surface area contributed by atoms with Crippen LogP contribution in [0.25, 0.3) is 0 Å². The number of hydrogen-bond acceptors (Lipinski definition) is 2. The predicted molar refractivity (Wildman–Crippen MR) is 53.4 cm³/mol. The first-order valence-electron chi connectivity index (χ1n) is 5.37. The molecule has 0 unspecified atom stereocenters. The summed E-state index contributed by atoms with van der Waals surface area (Å²) in [4.78, 5) is 0. The van der Waals surface area contributed by atoms with Crippen LogP contribution < -0.4 is 10.6 Å². The molecule has 0 spiro atoms. The van der Waals surface area contributed by atoms with Gasteiger partial charge >= 0.3 is 0 Å². The van der Waals surface area contributed by atoms with Gasteiger partial charge in [0.15, 0.2) is 0 Å². The second kappa shape index (κ2) is 6.44. The van der Waals surface area contributed by atoms with Crippen molar-refractivity contribution in [3.63, 3.8) is 0 Å². The van der Waals surface area contributed by atoms with Gasteiger partial charge in [-0.1, -0.05) is 19.8 Å². The number of hydrogen-bond donors (Lipinski definition) is 2. The maximum absolute atomic E-state index is 3.48. The quantitative estimate of drug-likeness (QED) is 0.540. The second-order valence-corrected chi connectivity index (χ2v) is 3.69. The van der Waals surface area contributed by atoms with Gasteiger partial charge in [0.25, 0.3) is 0 Å². The normalized spacial score (nSPS) is 16.8. The molecule has 0 aromatic heterocycles. The van der Waals surface area contributed by atoms with Crippen molar-refractivity contribution in [1.82, 2.24) is 10.6 Å². The molecule has 0 aromatic carbocycles. The molecule has 2 N–H and O–H groups in total. The Balaban J connectivity index is 1.65. The monoisotopic (exact) mass is 170 g/mol. The second-order valence-electron chi connectivity index (χ2n) is 3.69. The van der Waals surface area contributed by atoms with Crippen LogP contribution in [0.2, 0.25) is 0 Å². The SMILES string of the molecule is CCCCCNCCNC1CC1. The highest BCUT2D eigenvalue weighted by molar-refractivity contribution is 4.80. The van der Waals surface area contributed by atoms with E-state index in [1.807, 2.05) is 0 Å². The summed E-state index contributed by atoms with van der Waals surface area (Å²) < 4.78 is 0. The van der Waals surface area contributed by atoms with Gasteiger partial charge in [-0.3, -0.25) is 0 Å². The van der Waals surface area contributed by atoms with Gasteiger partial charge in [0.2, 0.25) is 0 Å². The first-order valence-corrected chi connectivity index (χ1v) is 5.37. The molecule has 0 aromatic rings. The fraction of sp³-hybridized carbons (Fsp3) is 1.00. The molecule has 12 heavy (non-hydrogen) atoms. The zero-order chi connectivity index (χ0) is 8.65. The molecular weight excluding hydrogens is 148 g/mol. The van der Waals surface area contributed by atoms with Crippen LogP contribution in [-0.4, -0.2) is 25.7 Å². The van der Waals surface area contributed by atoms with Gasteiger partial charge in [-0.2, -0.15) is 0 Å². The summed E-state index contributed by atoms with van der Waals surface area (Å²) in [6.07, 6.45) is 6.82. The van der Waals surface area contributed by atoms with Gasteiger partial charge < -0.3 is 10.6 Å². The Kier molecular flexibility index (Phi) is 5.37. The van der Waals surface area contributed by atoms with Crippen LogP contribution in [0, 0.1) is 0 Å². The third kappa shape index (κ3) is 5.56. The lowest BCUT2D eigenvalue weighted by atomic mass is 10.2. The Labute approximate surface area is 76.1 Å². The summed E-state index contributed by atoms with van der Waals surface area (Å²) in [5, 5.41) is 6.93. The van der Waals surface area contributed by atoms with Crippen LogP contribution in [0.1, 0.15) is 39.0 Å². The van der Waals surface area contributed by atoms with Crippen molar-refractivity contribution in [2.24, 2.45) is 0 Å². The molecule has 0 bridgehead atoms. The van der Waals surface area contributed by atoms with Gasteiger partial charge in [-0.15, -0.1) is 0 Å². The Morgan fingerprint density at radius 1 is 1.08 bits per heavy atom. The maximum Gasteiger partial charge on any atom is 0.00793 e. The van der Waals surface area contributed by atoms with Crippen molar-refractivity contribution < 1.29 is 0 Å². The van der Waals surface area contributed by atoms with E-state index in [0.29, 0.717) is 0 Å². The zero-order valence-electron chi connectivity index (χ0n) is 8.23. The minimum atomic E-state index is 0.863. The molecule has 0 amide bonds. The smallest absolute Gasteiger partial charge is 0.00793 e. The van der Waals surface area contributed by atoms with E-state index in [-0.39, 0.29) is 0 Å². The summed E-state index contributed by atoms with van der Waals surface area (Å²) in [6.45, 7) is 5.73. The van der Waals surface area contributed by atoms with E-state index in [1.165, 1.54) is 38.6 Å². The largest absolute Gasteiger partial charge is 0.315 e. The molecule has 0 heterocycles. The number of rotatable bonds is 8. The number of nitrogens with one attached hydrogen (secondary N) is 2. The lowest BCUT2D eigenvalue weighted by Crippen LogP contribution is -2.29. The molecule has 72 valence electrons. The Hall–Kier alpha value is -0.0800. The number of unbranched alkanes of at least 4 members (excludes halogenated alkanes) is 2. The fourth-order valence-electron chi connectivity index (χ4n) is 1.28. The van der Waals surface area contributed by atoms with Crippen molar-refractivity contribution in [1.29, 1.82) is 0 Å². The molecule has 0 aliphatic heterocycles. The van der Waals surface area contributed by atoms with Crippen LogP contribution in [0.5, 0.6) is 0 Å². The molecule has 1 aliphatic carbocycles. The van der Waals surface area contributed by atoms with E-state index in [9.17, 15) is 0 Å². The first-order chi connectivity index (χ1) is 5.93. The van der Waals surface area contributed by atoms with Crippen molar-refractivity contribution in [2.45, 2.75) is 45.1 Å². The molecule has 1 saturated carbocycles. The molecule has 0 radical (unpaired) electrons. The predicted octanol–water partition coefficient (Wildman–Crippen LogP) is 1.52. The molecule has 0 atom stereocenters. The van der Waals surface area contributed by atoms with Crippen LogP contribution in [0.3, 0.4) is 0 Å². The van der Waals surface area contributed by atoms with Gasteiger partial charge in [0.05, 0.1) is 0 Å². The van der Waals surface area contributed by atoms with E-state index >= 15 is 0 Å². The third-order valence-electron chi connectivity index (χ3n) is 2.27. The molecule has 1 rings (SSSR count). The molecule has 1 fully saturated rings. The summed E-state index contributed by atoms with van der Waals surface area (Å²) >= 11 is 0. The molecular formula is C10H22N2. The Bertz CT molecular complexity index is 100. The van der Waals surface area contributed by atoms with Gasteiger partial charge in [0, 0.05) is 19.1 Å². The van der Waals surface area contributed by atoms with Crippen molar-refractivity contribution >= 4 is 0 Å². The van der Waals surface area contributed by atoms with Crippen LogP contribution in [-0.2, 0) is 0 Å². The van der Waals surface area contributed by atoms with E-state index in [0.717, 1.165) is 19.1 Å². The Morgan fingerprint density at radius 2 is 1.92 bits per heavy atom. The first kappa shape index (κ1) is 10.0. The van der Waals surface area contributed by atoms with E-state index in [2.05, 4.69) is 17.6 Å². The summed E-state index contributed by atoms with van der Waals surface area (Å²) in [6, 6.07) is 0.863. The minimum Gasteiger partial charge on any atom is -0.315 e. The molecule has 1 aliphatic rings. The average molecular weight is 170 g/mol. The van der Waals surface area contributed by atoms with E-state index in [1.54, 1.807) is 0 Å². The summed E-state index contributed by atoms with van der Waals surface area (Å²) in [5.74, 6) is 0. The van der Waals surface area contributed by atoms with Crippen molar-refractivity contribution in [2.75, 3.05) is 19.6 Å². The topological polar surface area (TPSA) is 24.1 Å². The van der Waals surface area contributed by atoms with E-state index in [4.69, 9.17) is 0 Å². The minimum absolute atomic E-state index is 0.863. The highest BCUT2D eigenvalue weighted by atomic mass is 15.0.